The SMILES string of the molecule is COc1c(/C(C)=C/C(=O)Nc2ccc(F)c(Cl)c2)cc2c(-c3ccc(F)cc3)coc2c1C. The van der Waals surface area contributed by atoms with Gasteiger partial charge in [-0.05, 0) is 61.4 Å². The van der Waals surface area contributed by atoms with Crippen LogP contribution in [0.2, 0.25) is 5.02 Å². The Morgan fingerprint density at radius 1 is 1.12 bits per heavy atom. The van der Waals surface area contributed by atoms with E-state index >= 15 is 0 Å². The summed E-state index contributed by atoms with van der Waals surface area (Å²) in [5.41, 5.74) is 4.76. The lowest BCUT2D eigenvalue weighted by Gasteiger charge is -2.13. The lowest BCUT2D eigenvalue weighted by Crippen LogP contribution is -2.09. The quantitative estimate of drug-likeness (QED) is 0.311. The van der Waals surface area contributed by atoms with Crippen molar-refractivity contribution in [2.45, 2.75) is 13.8 Å². The second-order valence-electron chi connectivity index (χ2n) is 7.56. The number of fused-ring (bicyclic) bond motifs is 1. The number of hydrogen-bond donors (Lipinski definition) is 1. The van der Waals surface area contributed by atoms with E-state index in [0.717, 1.165) is 22.1 Å². The summed E-state index contributed by atoms with van der Waals surface area (Å²) in [6.45, 7) is 3.66. The van der Waals surface area contributed by atoms with E-state index in [2.05, 4.69) is 5.32 Å². The first-order valence-corrected chi connectivity index (χ1v) is 10.5. The Labute approximate surface area is 194 Å². The highest BCUT2D eigenvalue weighted by atomic mass is 35.5. The number of anilines is 1. The minimum absolute atomic E-state index is 0.0791. The molecule has 0 aliphatic heterocycles. The van der Waals surface area contributed by atoms with E-state index in [1.165, 1.54) is 36.4 Å². The Kier molecular flexibility index (Phi) is 6.20. The minimum atomic E-state index is -0.563. The third-order valence-electron chi connectivity index (χ3n) is 5.36. The van der Waals surface area contributed by atoms with Crippen LogP contribution < -0.4 is 10.1 Å². The molecule has 168 valence electrons. The maximum atomic E-state index is 13.4. The van der Waals surface area contributed by atoms with Crippen LogP contribution in [-0.2, 0) is 4.79 Å². The minimum Gasteiger partial charge on any atom is -0.496 e. The Balaban J connectivity index is 1.74. The van der Waals surface area contributed by atoms with Crippen molar-refractivity contribution in [3.05, 3.63) is 88.7 Å². The van der Waals surface area contributed by atoms with Crippen LogP contribution in [0.5, 0.6) is 5.75 Å². The van der Waals surface area contributed by atoms with Crippen molar-refractivity contribution in [2.24, 2.45) is 0 Å². The van der Waals surface area contributed by atoms with Crippen LogP contribution in [0.25, 0.3) is 27.7 Å². The summed E-state index contributed by atoms with van der Waals surface area (Å²) in [7, 11) is 1.55. The molecule has 0 fully saturated rings. The smallest absolute Gasteiger partial charge is 0.248 e. The topological polar surface area (TPSA) is 51.5 Å². The summed E-state index contributed by atoms with van der Waals surface area (Å²) < 4.78 is 38.2. The Bertz CT molecular complexity index is 1390. The molecule has 4 rings (SSSR count). The second-order valence-corrected chi connectivity index (χ2v) is 7.97. The normalized spacial score (nSPS) is 11.6. The Hall–Kier alpha value is -3.64. The van der Waals surface area contributed by atoms with Crippen molar-refractivity contribution in [1.82, 2.24) is 0 Å². The Morgan fingerprint density at radius 2 is 1.85 bits per heavy atom. The predicted octanol–water partition coefficient (Wildman–Crippen LogP) is 7.39. The van der Waals surface area contributed by atoms with Gasteiger partial charge < -0.3 is 14.5 Å². The number of amides is 1. The van der Waals surface area contributed by atoms with E-state index in [0.29, 0.717) is 28.2 Å². The first-order chi connectivity index (χ1) is 15.8. The zero-order chi connectivity index (χ0) is 23.7. The maximum absolute atomic E-state index is 13.4. The van der Waals surface area contributed by atoms with Gasteiger partial charge in [0.15, 0.2) is 0 Å². The van der Waals surface area contributed by atoms with Crippen LogP contribution in [0, 0.1) is 18.6 Å². The van der Waals surface area contributed by atoms with Crippen LogP contribution in [-0.4, -0.2) is 13.0 Å². The summed E-state index contributed by atoms with van der Waals surface area (Å²) in [6, 6.07) is 12.0. The van der Waals surface area contributed by atoms with Gasteiger partial charge in [-0.15, -0.1) is 0 Å². The third kappa shape index (κ3) is 4.47. The fourth-order valence-electron chi connectivity index (χ4n) is 3.75. The van der Waals surface area contributed by atoms with Crippen molar-refractivity contribution in [3.63, 3.8) is 0 Å². The number of hydrogen-bond acceptors (Lipinski definition) is 3. The summed E-state index contributed by atoms with van der Waals surface area (Å²) in [6.07, 6.45) is 3.05. The van der Waals surface area contributed by atoms with Gasteiger partial charge in [0.05, 0.1) is 18.4 Å². The van der Waals surface area contributed by atoms with Gasteiger partial charge >= 0.3 is 0 Å². The monoisotopic (exact) mass is 467 g/mol. The largest absolute Gasteiger partial charge is 0.496 e. The number of furan rings is 1. The molecule has 0 atom stereocenters. The zero-order valence-electron chi connectivity index (χ0n) is 18.1. The molecule has 1 heterocycles. The highest BCUT2D eigenvalue weighted by Gasteiger charge is 2.19. The summed E-state index contributed by atoms with van der Waals surface area (Å²) >= 11 is 5.79. The van der Waals surface area contributed by atoms with Gasteiger partial charge in [-0.25, -0.2) is 8.78 Å². The van der Waals surface area contributed by atoms with E-state index in [-0.39, 0.29) is 10.8 Å². The number of carbonyl (C=O) groups is 1. The molecular formula is C26H20ClF2NO3. The maximum Gasteiger partial charge on any atom is 0.248 e. The molecule has 4 aromatic rings. The highest BCUT2D eigenvalue weighted by molar-refractivity contribution is 6.31. The van der Waals surface area contributed by atoms with E-state index in [4.69, 9.17) is 20.8 Å². The van der Waals surface area contributed by atoms with Crippen molar-refractivity contribution in [3.8, 4) is 16.9 Å². The van der Waals surface area contributed by atoms with E-state index < -0.39 is 11.7 Å². The van der Waals surface area contributed by atoms with E-state index in [1.54, 1.807) is 32.4 Å². The van der Waals surface area contributed by atoms with Gasteiger partial charge in [-0.2, -0.15) is 0 Å². The van der Waals surface area contributed by atoms with Crippen molar-refractivity contribution in [2.75, 3.05) is 12.4 Å². The van der Waals surface area contributed by atoms with Crippen molar-refractivity contribution >= 4 is 39.7 Å². The fourth-order valence-corrected chi connectivity index (χ4v) is 3.93. The average molecular weight is 468 g/mol. The first-order valence-electron chi connectivity index (χ1n) is 10.1. The van der Waals surface area contributed by atoms with Crippen molar-refractivity contribution < 1.29 is 22.7 Å². The molecule has 1 aromatic heterocycles. The Morgan fingerprint density at radius 3 is 2.52 bits per heavy atom. The summed E-state index contributed by atoms with van der Waals surface area (Å²) in [5.74, 6) is -0.709. The van der Waals surface area contributed by atoms with Crippen LogP contribution >= 0.6 is 11.6 Å². The first kappa shape index (κ1) is 22.6. The molecule has 0 aliphatic rings. The van der Waals surface area contributed by atoms with Gasteiger partial charge in [0, 0.05) is 33.8 Å². The van der Waals surface area contributed by atoms with Gasteiger partial charge in [0.2, 0.25) is 5.91 Å². The number of methoxy groups -OCH3 is 1. The lowest BCUT2D eigenvalue weighted by molar-refractivity contribution is -0.111. The van der Waals surface area contributed by atoms with E-state index in [9.17, 15) is 13.6 Å². The van der Waals surface area contributed by atoms with Gasteiger partial charge in [0.25, 0.3) is 0 Å². The van der Waals surface area contributed by atoms with Crippen LogP contribution in [0.4, 0.5) is 14.5 Å². The molecule has 0 radical (unpaired) electrons. The number of aryl methyl sites for hydroxylation is 1. The van der Waals surface area contributed by atoms with Gasteiger partial charge in [-0.3, -0.25) is 4.79 Å². The standard InChI is InChI=1S/C26H20ClF2NO3/c1-14(10-24(31)30-18-8-9-23(29)22(27)11-18)19-12-20-21(16-4-6-17(28)7-5-16)13-33-26(20)15(2)25(19)32-3/h4-13H,1-3H3,(H,30,31)/b14-10+. The molecule has 0 unspecified atom stereocenters. The molecule has 0 bridgehead atoms. The molecule has 0 spiro atoms. The fraction of sp³-hybridized carbons (Fsp3) is 0.115. The number of ether oxygens (including phenoxy) is 1. The van der Waals surface area contributed by atoms with Crippen LogP contribution in [0.3, 0.4) is 0 Å². The molecule has 0 saturated heterocycles. The van der Waals surface area contributed by atoms with Gasteiger partial charge in [0.1, 0.15) is 23.0 Å². The number of carbonyl (C=O) groups excluding carboxylic acids is 1. The van der Waals surface area contributed by atoms with Crippen LogP contribution in [0.15, 0.2) is 65.3 Å². The molecule has 0 aliphatic carbocycles. The number of allylic oxidation sites excluding steroid dienone is 1. The number of benzene rings is 3. The van der Waals surface area contributed by atoms with E-state index in [1.807, 2.05) is 13.0 Å². The molecule has 3 aromatic carbocycles. The highest BCUT2D eigenvalue weighted by Crippen LogP contribution is 2.40. The van der Waals surface area contributed by atoms with Crippen molar-refractivity contribution in [1.29, 1.82) is 0 Å². The predicted molar refractivity (Wildman–Crippen MR) is 127 cm³/mol. The molecule has 4 nitrogen and oxygen atoms in total. The molecule has 7 heteroatoms. The number of rotatable bonds is 5. The summed E-state index contributed by atoms with van der Waals surface area (Å²) in [5, 5.41) is 3.41. The van der Waals surface area contributed by atoms with Gasteiger partial charge in [-0.1, -0.05) is 23.7 Å². The molecule has 0 saturated carbocycles. The molecular weight excluding hydrogens is 448 g/mol. The summed E-state index contributed by atoms with van der Waals surface area (Å²) in [4.78, 5) is 12.6. The zero-order valence-corrected chi connectivity index (χ0v) is 18.9. The molecule has 1 N–H and O–H groups in total. The second kappa shape index (κ2) is 9.08. The number of nitrogens with one attached hydrogen (secondary N) is 1. The number of halogens is 3. The molecule has 33 heavy (non-hydrogen) atoms. The lowest BCUT2D eigenvalue weighted by atomic mass is 9.96. The average Bonchev–Trinajstić information content (AvgIpc) is 3.21. The third-order valence-corrected chi connectivity index (χ3v) is 5.65. The molecule has 1 amide bonds. The van der Waals surface area contributed by atoms with Crippen LogP contribution in [0.1, 0.15) is 18.1 Å².